The van der Waals surface area contributed by atoms with E-state index in [-0.39, 0.29) is 0 Å². The van der Waals surface area contributed by atoms with Crippen molar-refractivity contribution in [1.29, 1.82) is 0 Å². The van der Waals surface area contributed by atoms with Crippen molar-refractivity contribution in [2.45, 2.75) is 38.0 Å². The molecule has 0 spiro atoms. The van der Waals surface area contributed by atoms with Gasteiger partial charge in [-0.25, -0.2) is 9.97 Å². The van der Waals surface area contributed by atoms with E-state index in [4.69, 9.17) is 9.47 Å². The second-order valence-electron chi connectivity index (χ2n) is 5.65. The fraction of sp³-hybridized carbons (Fsp3) is 0.733. The van der Waals surface area contributed by atoms with Crippen molar-refractivity contribution < 1.29 is 9.47 Å². The summed E-state index contributed by atoms with van der Waals surface area (Å²) in [5.41, 5.74) is 0. The largest absolute Gasteiger partial charge is 0.381 e. The van der Waals surface area contributed by atoms with Gasteiger partial charge in [-0.15, -0.1) is 0 Å². The zero-order chi connectivity index (χ0) is 13.8. The Morgan fingerprint density at radius 2 is 2.20 bits per heavy atom. The highest BCUT2D eigenvalue weighted by molar-refractivity contribution is 4.94. The zero-order valence-electron chi connectivity index (χ0n) is 12.1. The molecule has 0 radical (unpaired) electrons. The molecule has 3 atom stereocenters. The quantitative estimate of drug-likeness (QED) is 0.834. The Balaban J connectivity index is 1.70. The van der Waals surface area contributed by atoms with Gasteiger partial charge in [-0.3, -0.25) is 4.90 Å². The second-order valence-corrected chi connectivity index (χ2v) is 5.65. The van der Waals surface area contributed by atoms with E-state index in [2.05, 4.69) is 14.9 Å². The Labute approximate surface area is 120 Å². The molecule has 3 rings (SSSR count). The Hall–Kier alpha value is -1.04. The van der Waals surface area contributed by atoms with Gasteiger partial charge in [0.15, 0.2) is 0 Å². The molecule has 2 fully saturated rings. The summed E-state index contributed by atoms with van der Waals surface area (Å²) in [6, 6.07) is 2.29. The number of hydrogen-bond acceptors (Lipinski definition) is 5. The van der Waals surface area contributed by atoms with Gasteiger partial charge < -0.3 is 9.47 Å². The molecule has 0 bridgehead atoms. The molecule has 0 N–H and O–H groups in total. The fourth-order valence-corrected chi connectivity index (χ4v) is 3.53. The molecule has 0 aromatic carbocycles. The first-order valence-corrected chi connectivity index (χ1v) is 7.49. The zero-order valence-corrected chi connectivity index (χ0v) is 12.1. The SMILES string of the molecule is CO[C@@H]1CCC[C@H]1[C@H]1COCCN1Cc1ncccn1. The van der Waals surface area contributed by atoms with Gasteiger partial charge in [0, 0.05) is 38.0 Å². The van der Waals surface area contributed by atoms with Gasteiger partial charge in [0.05, 0.1) is 25.9 Å². The Bertz CT molecular complexity index is 415. The number of hydrogen-bond donors (Lipinski definition) is 0. The minimum absolute atomic E-state index is 0.376. The molecule has 110 valence electrons. The van der Waals surface area contributed by atoms with Crippen LogP contribution in [0.3, 0.4) is 0 Å². The molecular formula is C15H23N3O2. The summed E-state index contributed by atoms with van der Waals surface area (Å²) in [6.07, 6.45) is 7.67. The van der Waals surface area contributed by atoms with E-state index < -0.39 is 0 Å². The maximum absolute atomic E-state index is 5.72. The van der Waals surface area contributed by atoms with Crippen LogP contribution in [0.15, 0.2) is 18.5 Å². The third-order valence-corrected chi connectivity index (χ3v) is 4.54. The maximum atomic E-state index is 5.72. The average Bonchev–Trinajstić information content (AvgIpc) is 2.97. The number of methoxy groups -OCH3 is 1. The predicted molar refractivity (Wildman–Crippen MR) is 75.2 cm³/mol. The minimum atomic E-state index is 0.376. The van der Waals surface area contributed by atoms with Crippen LogP contribution in [0.1, 0.15) is 25.1 Å². The van der Waals surface area contributed by atoms with E-state index in [1.54, 1.807) is 0 Å². The van der Waals surface area contributed by atoms with Crippen LogP contribution in [0.5, 0.6) is 0 Å². The van der Waals surface area contributed by atoms with Gasteiger partial charge in [0.2, 0.25) is 0 Å². The summed E-state index contributed by atoms with van der Waals surface area (Å²) in [5.74, 6) is 1.47. The highest BCUT2D eigenvalue weighted by Gasteiger charge is 2.38. The van der Waals surface area contributed by atoms with E-state index in [0.29, 0.717) is 18.1 Å². The van der Waals surface area contributed by atoms with Crippen LogP contribution in [0.25, 0.3) is 0 Å². The van der Waals surface area contributed by atoms with Crippen molar-refractivity contribution in [3.63, 3.8) is 0 Å². The number of nitrogens with zero attached hydrogens (tertiary/aromatic N) is 3. The molecule has 0 amide bonds. The number of morpholine rings is 1. The lowest BCUT2D eigenvalue weighted by molar-refractivity contribution is -0.0616. The molecule has 1 saturated heterocycles. The molecule has 0 unspecified atom stereocenters. The Morgan fingerprint density at radius 1 is 1.35 bits per heavy atom. The third-order valence-electron chi connectivity index (χ3n) is 4.54. The van der Waals surface area contributed by atoms with Crippen LogP contribution < -0.4 is 0 Å². The van der Waals surface area contributed by atoms with Gasteiger partial charge in [-0.05, 0) is 18.9 Å². The van der Waals surface area contributed by atoms with E-state index in [9.17, 15) is 0 Å². The molecule has 2 heterocycles. The summed E-state index contributed by atoms with van der Waals surface area (Å²) in [4.78, 5) is 11.2. The molecule has 1 saturated carbocycles. The minimum Gasteiger partial charge on any atom is -0.381 e. The highest BCUT2D eigenvalue weighted by atomic mass is 16.5. The van der Waals surface area contributed by atoms with Crippen LogP contribution in [0, 0.1) is 5.92 Å². The summed E-state index contributed by atoms with van der Waals surface area (Å²) >= 11 is 0. The molecule has 1 aromatic rings. The topological polar surface area (TPSA) is 47.5 Å². The lowest BCUT2D eigenvalue weighted by atomic mass is 9.94. The lowest BCUT2D eigenvalue weighted by Crippen LogP contribution is -2.51. The molecule has 5 heteroatoms. The van der Waals surface area contributed by atoms with Gasteiger partial charge >= 0.3 is 0 Å². The first kappa shape index (κ1) is 13.9. The summed E-state index contributed by atoms with van der Waals surface area (Å²) < 4.78 is 11.4. The van der Waals surface area contributed by atoms with Crippen LogP contribution in [0.2, 0.25) is 0 Å². The van der Waals surface area contributed by atoms with Crippen molar-refractivity contribution in [2.24, 2.45) is 5.92 Å². The maximum Gasteiger partial charge on any atom is 0.142 e. The molecule has 1 aliphatic carbocycles. The van der Waals surface area contributed by atoms with Gasteiger partial charge in [-0.2, -0.15) is 0 Å². The van der Waals surface area contributed by atoms with Crippen molar-refractivity contribution in [1.82, 2.24) is 14.9 Å². The predicted octanol–water partition coefficient (Wildman–Crippen LogP) is 1.49. The van der Waals surface area contributed by atoms with Gasteiger partial charge in [0.25, 0.3) is 0 Å². The van der Waals surface area contributed by atoms with Crippen LogP contribution >= 0.6 is 0 Å². The molecular weight excluding hydrogens is 254 g/mol. The number of ether oxygens (including phenoxy) is 2. The smallest absolute Gasteiger partial charge is 0.142 e. The van der Waals surface area contributed by atoms with Crippen LogP contribution in [-0.4, -0.2) is 53.9 Å². The van der Waals surface area contributed by atoms with Gasteiger partial charge in [0.1, 0.15) is 5.82 Å². The molecule has 2 aliphatic rings. The normalized spacial score (nSPS) is 31.6. The average molecular weight is 277 g/mol. The number of rotatable bonds is 4. The summed E-state index contributed by atoms with van der Waals surface area (Å²) in [6.45, 7) is 3.36. The first-order chi connectivity index (χ1) is 9.88. The number of aromatic nitrogens is 2. The molecule has 20 heavy (non-hydrogen) atoms. The molecule has 1 aliphatic heterocycles. The Morgan fingerprint density at radius 3 is 3.00 bits per heavy atom. The van der Waals surface area contributed by atoms with E-state index in [1.807, 2.05) is 25.6 Å². The van der Waals surface area contributed by atoms with Crippen molar-refractivity contribution in [3.05, 3.63) is 24.3 Å². The van der Waals surface area contributed by atoms with Crippen molar-refractivity contribution in [3.8, 4) is 0 Å². The van der Waals surface area contributed by atoms with E-state index in [0.717, 1.165) is 32.1 Å². The Kier molecular flexibility index (Phi) is 4.60. The lowest BCUT2D eigenvalue weighted by Gasteiger charge is -2.40. The summed E-state index contributed by atoms with van der Waals surface area (Å²) in [7, 11) is 1.83. The monoisotopic (exact) mass is 277 g/mol. The standard InChI is InChI=1S/C15H23N3O2/c1-19-14-5-2-4-12(14)13-11-20-9-8-18(13)10-15-16-6-3-7-17-15/h3,6-7,12-14H,2,4-5,8-11H2,1H3/t12-,13+,14+/m0/s1. The van der Waals surface area contributed by atoms with Crippen LogP contribution in [-0.2, 0) is 16.0 Å². The molecule has 5 nitrogen and oxygen atoms in total. The molecule has 1 aromatic heterocycles. The second kappa shape index (κ2) is 6.61. The van der Waals surface area contributed by atoms with Crippen LogP contribution in [0.4, 0.5) is 0 Å². The summed E-state index contributed by atoms with van der Waals surface area (Å²) in [5, 5.41) is 0. The fourth-order valence-electron chi connectivity index (χ4n) is 3.53. The van der Waals surface area contributed by atoms with Gasteiger partial charge in [-0.1, -0.05) is 6.42 Å². The third kappa shape index (κ3) is 3.00. The first-order valence-electron chi connectivity index (χ1n) is 7.49. The van der Waals surface area contributed by atoms with Crippen molar-refractivity contribution >= 4 is 0 Å². The highest BCUT2D eigenvalue weighted by Crippen LogP contribution is 2.34. The van der Waals surface area contributed by atoms with Crippen molar-refractivity contribution in [2.75, 3.05) is 26.9 Å². The van der Waals surface area contributed by atoms with E-state index >= 15 is 0 Å². The van der Waals surface area contributed by atoms with E-state index in [1.165, 1.54) is 19.3 Å².